The molecule has 0 unspecified atom stereocenters. The first-order valence-electron chi connectivity index (χ1n) is 7.23. The minimum Gasteiger partial charge on any atom is -0.493 e. The SMILES string of the molecule is COc1cccc(/C=N/N=C/c2cccc(OC)c2OC)c1OC. The molecule has 24 heavy (non-hydrogen) atoms. The summed E-state index contributed by atoms with van der Waals surface area (Å²) in [6, 6.07) is 11.1. The molecule has 0 atom stereocenters. The zero-order valence-electron chi connectivity index (χ0n) is 14.1. The molecule has 0 heterocycles. The summed E-state index contributed by atoms with van der Waals surface area (Å²) in [5.74, 6) is 2.50. The summed E-state index contributed by atoms with van der Waals surface area (Å²) in [5, 5.41) is 8.13. The number of ether oxygens (including phenoxy) is 4. The molecule has 0 radical (unpaired) electrons. The number of rotatable bonds is 7. The third kappa shape index (κ3) is 3.84. The highest BCUT2D eigenvalue weighted by Crippen LogP contribution is 2.30. The molecule has 6 nitrogen and oxygen atoms in total. The van der Waals surface area contributed by atoms with Crippen molar-refractivity contribution in [3.63, 3.8) is 0 Å². The highest BCUT2D eigenvalue weighted by atomic mass is 16.5. The molecule has 126 valence electrons. The van der Waals surface area contributed by atoms with Crippen molar-refractivity contribution in [1.29, 1.82) is 0 Å². The average molecular weight is 328 g/mol. The van der Waals surface area contributed by atoms with Gasteiger partial charge in [0.1, 0.15) is 0 Å². The molecule has 0 saturated carbocycles. The Bertz CT molecular complexity index is 678. The van der Waals surface area contributed by atoms with Crippen LogP contribution in [-0.4, -0.2) is 40.9 Å². The number of methoxy groups -OCH3 is 4. The molecule has 0 N–H and O–H groups in total. The highest BCUT2D eigenvalue weighted by Gasteiger charge is 2.08. The summed E-state index contributed by atoms with van der Waals surface area (Å²) in [6.07, 6.45) is 3.20. The van der Waals surface area contributed by atoms with Crippen LogP contribution in [0.15, 0.2) is 46.6 Å². The van der Waals surface area contributed by atoms with E-state index in [1.807, 2.05) is 36.4 Å². The van der Waals surface area contributed by atoms with Crippen LogP contribution in [0.25, 0.3) is 0 Å². The first-order chi connectivity index (χ1) is 11.7. The largest absolute Gasteiger partial charge is 0.493 e. The zero-order chi connectivity index (χ0) is 17.4. The van der Waals surface area contributed by atoms with Crippen LogP contribution >= 0.6 is 0 Å². The minimum absolute atomic E-state index is 0.609. The molecular formula is C18H20N2O4. The van der Waals surface area contributed by atoms with Crippen molar-refractivity contribution >= 4 is 12.4 Å². The van der Waals surface area contributed by atoms with Crippen LogP contribution in [0.5, 0.6) is 23.0 Å². The van der Waals surface area contributed by atoms with Gasteiger partial charge in [-0.15, -0.1) is 0 Å². The van der Waals surface area contributed by atoms with Crippen LogP contribution in [0.4, 0.5) is 0 Å². The summed E-state index contributed by atoms with van der Waals surface area (Å²) in [7, 11) is 6.34. The van der Waals surface area contributed by atoms with Gasteiger partial charge in [0.25, 0.3) is 0 Å². The number of para-hydroxylation sites is 2. The Morgan fingerprint density at radius 1 is 0.625 bits per heavy atom. The Labute approximate surface area is 141 Å². The van der Waals surface area contributed by atoms with E-state index in [1.165, 1.54) is 0 Å². The van der Waals surface area contributed by atoms with Crippen LogP contribution in [-0.2, 0) is 0 Å². The van der Waals surface area contributed by atoms with Gasteiger partial charge in [0.2, 0.25) is 0 Å². The highest BCUT2D eigenvalue weighted by molar-refractivity contribution is 5.87. The van der Waals surface area contributed by atoms with Gasteiger partial charge >= 0.3 is 0 Å². The first kappa shape index (κ1) is 17.3. The monoisotopic (exact) mass is 328 g/mol. The van der Waals surface area contributed by atoms with Crippen molar-refractivity contribution in [2.75, 3.05) is 28.4 Å². The maximum Gasteiger partial charge on any atom is 0.169 e. The van der Waals surface area contributed by atoms with Gasteiger partial charge in [-0.3, -0.25) is 0 Å². The summed E-state index contributed by atoms with van der Waals surface area (Å²) < 4.78 is 21.2. The lowest BCUT2D eigenvalue weighted by atomic mass is 10.2. The molecule has 0 bridgehead atoms. The molecule has 2 aromatic carbocycles. The Morgan fingerprint density at radius 3 is 1.38 bits per heavy atom. The molecule has 0 aliphatic rings. The van der Waals surface area contributed by atoms with Crippen LogP contribution < -0.4 is 18.9 Å². The second-order valence-electron chi connectivity index (χ2n) is 4.65. The molecule has 0 saturated heterocycles. The van der Waals surface area contributed by atoms with Crippen LogP contribution in [0.1, 0.15) is 11.1 Å². The summed E-state index contributed by atoms with van der Waals surface area (Å²) in [6.45, 7) is 0. The minimum atomic E-state index is 0.609. The van der Waals surface area contributed by atoms with Gasteiger partial charge in [0.05, 0.1) is 40.9 Å². The van der Waals surface area contributed by atoms with Gasteiger partial charge in [0, 0.05) is 11.1 Å². The van der Waals surface area contributed by atoms with Crippen LogP contribution in [0.2, 0.25) is 0 Å². The zero-order valence-corrected chi connectivity index (χ0v) is 14.1. The van der Waals surface area contributed by atoms with E-state index in [4.69, 9.17) is 18.9 Å². The quantitative estimate of drug-likeness (QED) is 0.578. The van der Waals surface area contributed by atoms with Gasteiger partial charge in [-0.25, -0.2) is 0 Å². The number of hydrogen-bond acceptors (Lipinski definition) is 6. The van der Waals surface area contributed by atoms with Gasteiger partial charge in [0.15, 0.2) is 23.0 Å². The van der Waals surface area contributed by atoms with Gasteiger partial charge in [-0.2, -0.15) is 10.2 Å². The van der Waals surface area contributed by atoms with Crippen molar-refractivity contribution in [2.24, 2.45) is 10.2 Å². The van der Waals surface area contributed by atoms with E-state index in [-0.39, 0.29) is 0 Å². The first-order valence-corrected chi connectivity index (χ1v) is 7.23. The maximum atomic E-state index is 5.34. The molecule has 0 spiro atoms. The molecule has 0 aliphatic carbocycles. The van der Waals surface area contributed by atoms with Crippen molar-refractivity contribution < 1.29 is 18.9 Å². The van der Waals surface area contributed by atoms with E-state index < -0.39 is 0 Å². The van der Waals surface area contributed by atoms with Crippen molar-refractivity contribution in [2.45, 2.75) is 0 Å². The average Bonchev–Trinajstić information content (AvgIpc) is 2.64. The fraction of sp³-hybridized carbons (Fsp3) is 0.222. The molecule has 6 heteroatoms. The van der Waals surface area contributed by atoms with E-state index in [9.17, 15) is 0 Å². The Hall–Kier alpha value is -3.02. The van der Waals surface area contributed by atoms with E-state index in [1.54, 1.807) is 40.9 Å². The van der Waals surface area contributed by atoms with Crippen molar-refractivity contribution in [3.05, 3.63) is 47.5 Å². The molecule has 2 aromatic rings. The predicted octanol–water partition coefficient (Wildman–Crippen LogP) is 3.17. The number of hydrogen-bond donors (Lipinski definition) is 0. The molecule has 0 amide bonds. The van der Waals surface area contributed by atoms with E-state index >= 15 is 0 Å². The number of benzene rings is 2. The fourth-order valence-corrected chi connectivity index (χ4v) is 2.22. The summed E-state index contributed by atoms with van der Waals surface area (Å²) in [5.41, 5.74) is 1.54. The summed E-state index contributed by atoms with van der Waals surface area (Å²) >= 11 is 0. The molecular weight excluding hydrogens is 308 g/mol. The Balaban J connectivity index is 2.22. The lowest BCUT2D eigenvalue weighted by Crippen LogP contribution is -1.95. The fourth-order valence-electron chi connectivity index (χ4n) is 2.22. The van der Waals surface area contributed by atoms with Crippen molar-refractivity contribution in [3.8, 4) is 23.0 Å². The van der Waals surface area contributed by atoms with E-state index in [0.29, 0.717) is 23.0 Å². The second kappa shape index (κ2) is 8.57. The normalized spacial score (nSPS) is 11.0. The lowest BCUT2D eigenvalue weighted by molar-refractivity contribution is 0.354. The van der Waals surface area contributed by atoms with Gasteiger partial charge in [-0.05, 0) is 24.3 Å². The maximum absolute atomic E-state index is 5.34. The Morgan fingerprint density at radius 2 is 1.04 bits per heavy atom. The number of nitrogens with zero attached hydrogens (tertiary/aromatic N) is 2. The second-order valence-corrected chi connectivity index (χ2v) is 4.65. The van der Waals surface area contributed by atoms with Crippen LogP contribution in [0, 0.1) is 0 Å². The predicted molar refractivity (Wildman–Crippen MR) is 94.3 cm³/mol. The van der Waals surface area contributed by atoms with E-state index in [2.05, 4.69) is 10.2 Å². The van der Waals surface area contributed by atoms with Crippen molar-refractivity contribution in [1.82, 2.24) is 0 Å². The van der Waals surface area contributed by atoms with E-state index in [0.717, 1.165) is 11.1 Å². The molecule has 0 aliphatic heterocycles. The van der Waals surface area contributed by atoms with Gasteiger partial charge in [-0.1, -0.05) is 12.1 Å². The van der Waals surface area contributed by atoms with Crippen LogP contribution in [0.3, 0.4) is 0 Å². The molecule has 2 rings (SSSR count). The summed E-state index contributed by atoms with van der Waals surface area (Å²) in [4.78, 5) is 0. The third-order valence-electron chi connectivity index (χ3n) is 3.33. The smallest absolute Gasteiger partial charge is 0.169 e. The standard InChI is InChI=1S/C18H20N2O4/c1-21-15-9-5-7-13(17(15)23-3)11-19-20-12-14-8-6-10-16(22-2)18(14)24-4/h5-12H,1-4H3/b19-11+,20-12+. The molecule has 0 aromatic heterocycles. The van der Waals surface area contributed by atoms with Gasteiger partial charge < -0.3 is 18.9 Å². The topological polar surface area (TPSA) is 61.6 Å². The lowest BCUT2D eigenvalue weighted by Gasteiger charge is -2.09. The third-order valence-corrected chi connectivity index (χ3v) is 3.33. The Kier molecular flexibility index (Phi) is 6.19. The molecule has 0 fully saturated rings.